The highest BCUT2D eigenvalue weighted by atomic mass is 16.3. The summed E-state index contributed by atoms with van der Waals surface area (Å²) in [6.45, 7) is 4.07. The van der Waals surface area contributed by atoms with Gasteiger partial charge in [0, 0.05) is 0 Å². The largest absolute Gasteiger partial charge is 0.389 e. The quantitative estimate of drug-likeness (QED) is 0.742. The first kappa shape index (κ1) is 11.7. The van der Waals surface area contributed by atoms with E-state index in [1.807, 2.05) is 62.4 Å². The van der Waals surface area contributed by atoms with E-state index in [2.05, 4.69) is 0 Å². The normalized spacial score (nSPS) is 12.7. The second kappa shape index (κ2) is 6.20. The van der Waals surface area contributed by atoms with Crippen molar-refractivity contribution >= 4 is 6.08 Å². The van der Waals surface area contributed by atoms with Crippen LogP contribution in [0.4, 0.5) is 0 Å². The van der Waals surface area contributed by atoms with Crippen LogP contribution in [0.25, 0.3) is 6.08 Å². The monoisotopic (exact) mass is 202 g/mol. The summed E-state index contributed by atoms with van der Waals surface area (Å²) in [5.41, 5.74) is 2.36. The lowest BCUT2D eigenvalue weighted by Gasteiger charge is -2.01. The van der Waals surface area contributed by atoms with Crippen LogP contribution in [0.1, 0.15) is 25.8 Å². The van der Waals surface area contributed by atoms with Crippen molar-refractivity contribution in [2.24, 2.45) is 0 Å². The van der Waals surface area contributed by atoms with Crippen molar-refractivity contribution in [2.45, 2.75) is 26.4 Å². The van der Waals surface area contributed by atoms with Gasteiger partial charge in [0.05, 0.1) is 6.10 Å². The maximum absolute atomic E-state index is 9.63. The molecule has 1 rings (SSSR count). The average molecular weight is 202 g/mol. The van der Waals surface area contributed by atoms with Gasteiger partial charge in [0.15, 0.2) is 0 Å². The Kier molecular flexibility index (Phi) is 4.85. The van der Waals surface area contributed by atoms with Crippen LogP contribution in [-0.4, -0.2) is 11.2 Å². The molecule has 1 aromatic rings. The maximum atomic E-state index is 9.63. The molecular weight excluding hydrogens is 184 g/mol. The van der Waals surface area contributed by atoms with Gasteiger partial charge in [0.25, 0.3) is 0 Å². The number of aliphatic hydroxyl groups is 1. The summed E-state index contributed by atoms with van der Waals surface area (Å²) in [5.74, 6) is 0. The van der Waals surface area contributed by atoms with Gasteiger partial charge in [-0.05, 0) is 25.8 Å². The maximum Gasteiger partial charge on any atom is 0.0758 e. The molecule has 15 heavy (non-hydrogen) atoms. The Labute approximate surface area is 91.8 Å². The summed E-state index contributed by atoms with van der Waals surface area (Å²) >= 11 is 0. The van der Waals surface area contributed by atoms with Gasteiger partial charge >= 0.3 is 0 Å². The highest BCUT2D eigenvalue weighted by Gasteiger charge is 1.95. The molecule has 0 bridgehead atoms. The number of aliphatic hydroxyl groups excluding tert-OH is 1. The summed E-state index contributed by atoms with van der Waals surface area (Å²) in [6.07, 6.45) is 6.12. The number of allylic oxidation sites excluding steroid dienone is 1. The second-order valence-electron chi connectivity index (χ2n) is 3.85. The van der Waals surface area contributed by atoms with E-state index in [0.29, 0.717) is 6.42 Å². The molecule has 1 N–H and O–H groups in total. The van der Waals surface area contributed by atoms with E-state index in [1.165, 1.54) is 5.57 Å². The molecule has 0 aromatic heterocycles. The Balaban J connectivity index is 2.48. The molecule has 1 unspecified atom stereocenters. The van der Waals surface area contributed by atoms with Gasteiger partial charge in [-0.1, -0.05) is 54.1 Å². The third kappa shape index (κ3) is 5.18. The van der Waals surface area contributed by atoms with Crippen molar-refractivity contribution in [1.29, 1.82) is 0 Å². The van der Waals surface area contributed by atoms with Gasteiger partial charge < -0.3 is 5.11 Å². The Hall–Kier alpha value is -1.34. The predicted molar refractivity (Wildman–Crippen MR) is 65.5 cm³/mol. The van der Waals surface area contributed by atoms with Crippen LogP contribution in [0.15, 0.2) is 48.1 Å². The zero-order chi connectivity index (χ0) is 11.1. The zero-order valence-electron chi connectivity index (χ0n) is 9.35. The number of rotatable bonds is 4. The van der Waals surface area contributed by atoms with Gasteiger partial charge in [-0.2, -0.15) is 0 Å². The summed E-state index contributed by atoms with van der Waals surface area (Å²) in [7, 11) is 0. The Morgan fingerprint density at radius 3 is 2.53 bits per heavy atom. The fourth-order valence-electron chi connectivity index (χ4n) is 1.22. The fourth-order valence-corrected chi connectivity index (χ4v) is 1.22. The minimum atomic E-state index is -0.389. The average Bonchev–Trinajstić information content (AvgIpc) is 2.25. The summed E-state index contributed by atoms with van der Waals surface area (Å²) in [4.78, 5) is 0. The van der Waals surface area contributed by atoms with Gasteiger partial charge in [-0.15, -0.1) is 0 Å². The van der Waals surface area contributed by atoms with E-state index < -0.39 is 0 Å². The molecule has 1 nitrogen and oxygen atoms in total. The van der Waals surface area contributed by atoms with Gasteiger partial charge in [-0.3, -0.25) is 0 Å². The van der Waals surface area contributed by atoms with Crippen molar-refractivity contribution in [3.05, 3.63) is 53.6 Å². The number of benzene rings is 1. The molecule has 1 heteroatoms. The Morgan fingerprint density at radius 1 is 1.27 bits per heavy atom. The molecule has 0 heterocycles. The van der Waals surface area contributed by atoms with E-state index in [-0.39, 0.29) is 6.10 Å². The van der Waals surface area contributed by atoms with Crippen molar-refractivity contribution in [2.75, 3.05) is 0 Å². The molecule has 80 valence electrons. The molecule has 0 saturated carbocycles. The van der Waals surface area contributed by atoms with Crippen molar-refractivity contribution in [3.63, 3.8) is 0 Å². The smallest absolute Gasteiger partial charge is 0.0758 e. The van der Waals surface area contributed by atoms with E-state index in [0.717, 1.165) is 5.56 Å². The summed E-state index contributed by atoms with van der Waals surface area (Å²) < 4.78 is 0. The van der Waals surface area contributed by atoms with Crippen LogP contribution < -0.4 is 0 Å². The Bertz CT molecular complexity index is 332. The van der Waals surface area contributed by atoms with Crippen molar-refractivity contribution in [3.8, 4) is 0 Å². The first-order valence-electron chi connectivity index (χ1n) is 5.23. The zero-order valence-corrected chi connectivity index (χ0v) is 9.35. The SMILES string of the molecule is CC(C)=CCC(O)/C=C/c1ccccc1. The first-order chi connectivity index (χ1) is 7.18. The first-order valence-corrected chi connectivity index (χ1v) is 5.23. The van der Waals surface area contributed by atoms with Crippen LogP contribution in [0.3, 0.4) is 0 Å². The van der Waals surface area contributed by atoms with Crippen LogP contribution >= 0.6 is 0 Å². The lowest BCUT2D eigenvalue weighted by atomic mass is 10.1. The molecule has 0 radical (unpaired) electrons. The van der Waals surface area contributed by atoms with Crippen LogP contribution in [-0.2, 0) is 0 Å². The lowest BCUT2D eigenvalue weighted by Crippen LogP contribution is -1.99. The highest BCUT2D eigenvalue weighted by molar-refractivity contribution is 5.49. The Morgan fingerprint density at radius 2 is 1.93 bits per heavy atom. The summed E-state index contributed by atoms with van der Waals surface area (Å²) in [6, 6.07) is 10.00. The second-order valence-corrected chi connectivity index (χ2v) is 3.85. The molecule has 0 aliphatic rings. The minimum Gasteiger partial charge on any atom is -0.389 e. The molecule has 0 amide bonds. The van der Waals surface area contributed by atoms with E-state index in [1.54, 1.807) is 0 Å². The van der Waals surface area contributed by atoms with Crippen molar-refractivity contribution < 1.29 is 5.11 Å². The molecule has 1 atom stereocenters. The molecule has 0 saturated heterocycles. The number of hydrogen-bond donors (Lipinski definition) is 1. The number of hydrogen-bond acceptors (Lipinski definition) is 1. The fraction of sp³-hybridized carbons (Fsp3) is 0.286. The predicted octanol–water partition coefficient (Wildman–Crippen LogP) is 3.42. The molecule has 0 aliphatic heterocycles. The van der Waals surface area contributed by atoms with E-state index in [9.17, 15) is 5.11 Å². The van der Waals surface area contributed by atoms with Gasteiger partial charge in [-0.25, -0.2) is 0 Å². The molecular formula is C14H18O. The van der Waals surface area contributed by atoms with E-state index >= 15 is 0 Å². The minimum absolute atomic E-state index is 0.389. The third-order valence-corrected chi connectivity index (χ3v) is 2.08. The van der Waals surface area contributed by atoms with Gasteiger partial charge in [0.1, 0.15) is 0 Å². The topological polar surface area (TPSA) is 20.2 Å². The van der Waals surface area contributed by atoms with Crippen LogP contribution in [0.2, 0.25) is 0 Å². The standard InChI is InChI=1S/C14H18O/c1-12(2)8-10-14(15)11-9-13-6-4-3-5-7-13/h3-9,11,14-15H,10H2,1-2H3/b11-9+. The molecule has 0 aliphatic carbocycles. The molecule has 0 spiro atoms. The summed E-state index contributed by atoms with van der Waals surface area (Å²) in [5, 5.41) is 9.63. The third-order valence-electron chi connectivity index (χ3n) is 2.08. The van der Waals surface area contributed by atoms with Gasteiger partial charge in [0.2, 0.25) is 0 Å². The molecule has 1 aromatic carbocycles. The van der Waals surface area contributed by atoms with Crippen molar-refractivity contribution in [1.82, 2.24) is 0 Å². The highest BCUT2D eigenvalue weighted by Crippen LogP contribution is 2.05. The van der Waals surface area contributed by atoms with Crippen LogP contribution in [0, 0.1) is 0 Å². The van der Waals surface area contributed by atoms with E-state index in [4.69, 9.17) is 0 Å². The molecule has 0 fully saturated rings. The van der Waals surface area contributed by atoms with Crippen LogP contribution in [0.5, 0.6) is 0 Å². The lowest BCUT2D eigenvalue weighted by molar-refractivity contribution is 0.227.